The minimum Gasteiger partial charge on any atom is -0.273 e. The summed E-state index contributed by atoms with van der Waals surface area (Å²) in [5.74, 6) is 0.680. The lowest BCUT2D eigenvalue weighted by molar-refractivity contribution is -0.118. The fourth-order valence-electron chi connectivity index (χ4n) is 3.83. The molecule has 0 aliphatic heterocycles. The molecule has 1 saturated carbocycles. The third kappa shape index (κ3) is 2.85. The molecule has 0 atom stereocenters. The number of aromatic nitrogens is 4. The Balaban J connectivity index is 1.96. The first-order valence-electron chi connectivity index (χ1n) is 9.22. The number of amides is 1. The van der Waals surface area contributed by atoms with E-state index in [-0.39, 0.29) is 11.9 Å². The van der Waals surface area contributed by atoms with Crippen LogP contribution in [0, 0.1) is 6.92 Å². The van der Waals surface area contributed by atoms with Crippen LogP contribution in [0.2, 0.25) is 0 Å². The van der Waals surface area contributed by atoms with Crippen LogP contribution in [0.1, 0.15) is 44.6 Å². The van der Waals surface area contributed by atoms with Crippen molar-refractivity contribution in [2.45, 2.75) is 52.0 Å². The van der Waals surface area contributed by atoms with Crippen molar-refractivity contribution in [3.63, 3.8) is 0 Å². The van der Waals surface area contributed by atoms with E-state index in [1.807, 2.05) is 40.9 Å². The van der Waals surface area contributed by atoms with Gasteiger partial charge >= 0.3 is 0 Å². The summed E-state index contributed by atoms with van der Waals surface area (Å²) in [6.07, 6.45) is 9.06. The van der Waals surface area contributed by atoms with Crippen molar-refractivity contribution in [1.82, 2.24) is 19.6 Å². The zero-order chi connectivity index (χ0) is 18.1. The molecule has 0 saturated heterocycles. The Kier molecular flexibility index (Phi) is 4.41. The Labute approximate surface area is 152 Å². The monoisotopic (exact) mass is 349 g/mol. The van der Waals surface area contributed by atoms with E-state index < -0.39 is 0 Å². The zero-order valence-corrected chi connectivity index (χ0v) is 15.2. The molecule has 3 heterocycles. The number of fused-ring (bicyclic) bond motifs is 1. The number of hydrogen-bond acceptors (Lipinski definition) is 4. The highest BCUT2D eigenvalue weighted by Crippen LogP contribution is 2.29. The van der Waals surface area contributed by atoms with Crippen LogP contribution in [-0.2, 0) is 4.79 Å². The van der Waals surface area contributed by atoms with Gasteiger partial charge in [0.1, 0.15) is 11.2 Å². The number of aryl methyl sites for hydroxylation is 1. The lowest BCUT2D eigenvalue weighted by Crippen LogP contribution is -2.48. The van der Waals surface area contributed by atoms with E-state index in [0.717, 1.165) is 42.5 Å². The molecular formula is C20H23N5O. The molecule has 0 aromatic carbocycles. The Morgan fingerprint density at radius 2 is 1.92 bits per heavy atom. The number of carbonyl (C=O) groups is 1. The van der Waals surface area contributed by atoms with Gasteiger partial charge in [0.15, 0.2) is 11.5 Å². The molecule has 1 amide bonds. The van der Waals surface area contributed by atoms with Gasteiger partial charge in [-0.2, -0.15) is 0 Å². The Hall–Kier alpha value is -2.76. The van der Waals surface area contributed by atoms with Crippen LogP contribution in [0.3, 0.4) is 0 Å². The van der Waals surface area contributed by atoms with Gasteiger partial charge in [0, 0.05) is 19.3 Å². The fraction of sp³-hybridized carbons (Fsp3) is 0.400. The number of rotatable bonds is 3. The van der Waals surface area contributed by atoms with Crippen LogP contribution >= 0.6 is 0 Å². The van der Waals surface area contributed by atoms with Gasteiger partial charge in [-0.15, -0.1) is 0 Å². The van der Waals surface area contributed by atoms with Crippen molar-refractivity contribution >= 4 is 17.1 Å². The van der Waals surface area contributed by atoms with Crippen molar-refractivity contribution in [1.29, 1.82) is 0 Å². The molecule has 6 nitrogen and oxygen atoms in total. The van der Waals surface area contributed by atoms with Gasteiger partial charge in [-0.05, 0) is 43.5 Å². The molecule has 4 rings (SSSR count). The van der Waals surface area contributed by atoms with Crippen LogP contribution < -0.4 is 5.01 Å². The van der Waals surface area contributed by atoms with Crippen LogP contribution in [0.5, 0.6) is 0 Å². The maximum absolute atomic E-state index is 12.7. The highest BCUT2D eigenvalue weighted by Gasteiger charge is 2.29. The summed E-state index contributed by atoms with van der Waals surface area (Å²) in [5, 5.41) is 1.85. The molecule has 0 unspecified atom stereocenters. The number of pyridine rings is 2. The number of nitrogens with zero attached hydrogens (tertiary/aromatic N) is 5. The summed E-state index contributed by atoms with van der Waals surface area (Å²) >= 11 is 0. The van der Waals surface area contributed by atoms with Gasteiger partial charge in [0.05, 0.1) is 6.04 Å². The molecule has 0 bridgehead atoms. The largest absolute Gasteiger partial charge is 0.273 e. The second kappa shape index (κ2) is 6.86. The number of imidazole rings is 1. The Morgan fingerprint density at radius 3 is 2.62 bits per heavy atom. The van der Waals surface area contributed by atoms with Crippen LogP contribution in [-0.4, -0.2) is 31.6 Å². The highest BCUT2D eigenvalue weighted by molar-refractivity contribution is 5.89. The lowest BCUT2D eigenvalue weighted by Gasteiger charge is -2.34. The van der Waals surface area contributed by atoms with E-state index >= 15 is 0 Å². The topological polar surface area (TPSA) is 63.9 Å². The third-order valence-electron chi connectivity index (χ3n) is 5.08. The first-order chi connectivity index (χ1) is 12.7. The maximum Gasteiger partial charge on any atom is 0.238 e. The van der Waals surface area contributed by atoms with E-state index in [4.69, 9.17) is 4.98 Å². The molecule has 0 N–H and O–H groups in total. The van der Waals surface area contributed by atoms with Crippen LogP contribution in [0.15, 0.2) is 36.7 Å². The zero-order valence-electron chi connectivity index (χ0n) is 15.2. The average Bonchev–Trinajstić information content (AvgIpc) is 3.04. The molecule has 6 heteroatoms. The van der Waals surface area contributed by atoms with Crippen molar-refractivity contribution in [2.75, 3.05) is 5.01 Å². The molecule has 1 fully saturated rings. The molecule has 3 aromatic rings. The summed E-state index contributed by atoms with van der Waals surface area (Å²) in [4.78, 5) is 26.5. The number of hydrogen-bond donors (Lipinski definition) is 0. The van der Waals surface area contributed by atoms with Crippen molar-refractivity contribution in [2.24, 2.45) is 0 Å². The molecule has 134 valence electrons. The third-order valence-corrected chi connectivity index (χ3v) is 5.08. The average molecular weight is 349 g/mol. The molecule has 0 spiro atoms. The summed E-state index contributed by atoms with van der Waals surface area (Å²) in [6.45, 7) is 3.64. The molecule has 1 aliphatic carbocycles. The van der Waals surface area contributed by atoms with E-state index in [2.05, 4.69) is 9.97 Å². The standard InChI is InChI=1S/C20H23N5O/c1-14-11-13-22-20-18(14)23-19(17-10-6-7-12-21-17)25(20)24(15(2)26)16-8-4-3-5-9-16/h6-7,10-13,16H,3-5,8-9H2,1-2H3. The van der Waals surface area contributed by atoms with Gasteiger partial charge in [-0.25, -0.2) is 19.7 Å². The minimum absolute atomic E-state index is 0.0108. The summed E-state index contributed by atoms with van der Waals surface area (Å²) in [7, 11) is 0. The van der Waals surface area contributed by atoms with Crippen molar-refractivity contribution in [3.8, 4) is 11.5 Å². The second-order valence-corrected chi connectivity index (χ2v) is 6.92. The van der Waals surface area contributed by atoms with Gasteiger partial charge in [0.25, 0.3) is 0 Å². The summed E-state index contributed by atoms with van der Waals surface area (Å²) in [6, 6.07) is 7.85. The first-order valence-corrected chi connectivity index (χ1v) is 9.22. The van der Waals surface area contributed by atoms with Crippen molar-refractivity contribution in [3.05, 3.63) is 42.2 Å². The Bertz CT molecular complexity index is 928. The quantitative estimate of drug-likeness (QED) is 0.724. The SMILES string of the molecule is CC(=O)N(C1CCCCC1)n1c(-c2ccccn2)nc2c(C)ccnc21. The van der Waals surface area contributed by atoms with Gasteiger partial charge in [-0.3, -0.25) is 9.78 Å². The minimum atomic E-state index is 0.0108. The predicted molar refractivity (Wildman–Crippen MR) is 101 cm³/mol. The number of carbonyl (C=O) groups excluding carboxylic acids is 1. The fourth-order valence-corrected chi connectivity index (χ4v) is 3.83. The predicted octanol–water partition coefficient (Wildman–Crippen LogP) is 3.62. The second-order valence-electron chi connectivity index (χ2n) is 6.92. The summed E-state index contributed by atoms with van der Waals surface area (Å²) < 4.78 is 1.89. The molecule has 26 heavy (non-hydrogen) atoms. The summed E-state index contributed by atoms with van der Waals surface area (Å²) in [5.41, 5.74) is 3.31. The van der Waals surface area contributed by atoms with Crippen LogP contribution in [0.4, 0.5) is 0 Å². The van der Waals surface area contributed by atoms with E-state index in [9.17, 15) is 4.79 Å². The smallest absolute Gasteiger partial charge is 0.238 e. The highest BCUT2D eigenvalue weighted by atomic mass is 16.2. The van der Waals surface area contributed by atoms with Crippen molar-refractivity contribution < 1.29 is 4.79 Å². The molecule has 1 aliphatic rings. The maximum atomic E-state index is 12.7. The first kappa shape index (κ1) is 16.7. The van der Waals surface area contributed by atoms with Gasteiger partial charge in [-0.1, -0.05) is 25.3 Å². The van der Waals surface area contributed by atoms with E-state index in [0.29, 0.717) is 11.5 Å². The van der Waals surface area contributed by atoms with Gasteiger partial charge in [0.2, 0.25) is 5.91 Å². The molecule has 3 aromatic heterocycles. The van der Waals surface area contributed by atoms with E-state index in [1.54, 1.807) is 19.3 Å². The molecule has 0 radical (unpaired) electrons. The van der Waals surface area contributed by atoms with E-state index in [1.165, 1.54) is 6.42 Å². The molecular weight excluding hydrogens is 326 g/mol. The van der Waals surface area contributed by atoms with Crippen LogP contribution in [0.25, 0.3) is 22.7 Å². The van der Waals surface area contributed by atoms with Gasteiger partial charge < -0.3 is 0 Å². The Morgan fingerprint density at radius 1 is 1.12 bits per heavy atom. The normalized spacial score (nSPS) is 15.3. The lowest BCUT2D eigenvalue weighted by atomic mass is 9.95.